The van der Waals surface area contributed by atoms with Crippen LogP contribution in [0, 0.1) is 0 Å². The summed E-state index contributed by atoms with van der Waals surface area (Å²) in [5, 5.41) is 20.0. The molecule has 4 atom stereocenters. The van der Waals surface area contributed by atoms with Gasteiger partial charge in [-0.05, 0) is 0 Å². The average molecular weight is 454 g/mol. The molecular formula is C16H14F8O6. The van der Waals surface area contributed by atoms with Crippen molar-refractivity contribution in [1.82, 2.24) is 0 Å². The van der Waals surface area contributed by atoms with E-state index in [1.807, 2.05) is 0 Å². The van der Waals surface area contributed by atoms with Gasteiger partial charge in [0, 0.05) is 18.6 Å². The fourth-order valence-corrected chi connectivity index (χ4v) is 3.63. The maximum atomic E-state index is 15.1. The molecule has 2 rings (SSSR count). The van der Waals surface area contributed by atoms with Crippen molar-refractivity contribution in [3.63, 3.8) is 0 Å². The third-order valence-corrected chi connectivity index (χ3v) is 5.22. The van der Waals surface area contributed by atoms with Crippen LogP contribution >= 0.6 is 0 Å². The molecule has 6 nitrogen and oxygen atoms in total. The number of ether oxygens (including phenoxy) is 2. The van der Waals surface area contributed by atoms with Crippen LogP contribution in [0.5, 0.6) is 0 Å². The largest absolute Gasteiger partial charge is 0.442 e. The van der Waals surface area contributed by atoms with Gasteiger partial charge < -0.3 is 19.7 Å². The molecule has 2 N–H and O–H groups in total. The van der Waals surface area contributed by atoms with Gasteiger partial charge in [0.05, 0.1) is 6.42 Å². The second-order valence-electron chi connectivity index (χ2n) is 6.91. The van der Waals surface area contributed by atoms with Crippen LogP contribution in [0.1, 0.15) is 12.8 Å². The molecule has 170 valence electrons. The topological polar surface area (TPSA) is 93.1 Å². The maximum Gasteiger partial charge on any atom is 0.361 e. The normalized spacial score (nSPS) is 40.7. The summed E-state index contributed by atoms with van der Waals surface area (Å²) in [5.74, 6) is -26.8. The van der Waals surface area contributed by atoms with Gasteiger partial charge in [-0.3, -0.25) is 0 Å². The molecule has 2 aliphatic carbocycles. The van der Waals surface area contributed by atoms with Gasteiger partial charge in [0.25, 0.3) is 5.60 Å². The van der Waals surface area contributed by atoms with E-state index in [1.165, 1.54) is 0 Å². The molecule has 2 aliphatic rings. The molecule has 0 amide bonds. The smallest absolute Gasteiger partial charge is 0.361 e. The van der Waals surface area contributed by atoms with Crippen molar-refractivity contribution in [2.24, 2.45) is 0 Å². The molecule has 30 heavy (non-hydrogen) atoms. The number of fused-ring (bicyclic) bond motifs is 2. The first kappa shape index (κ1) is 24.1. The van der Waals surface area contributed by atoms with Crippen molar-refractivity contribution in [3.05, 3.63) is 25.3 Å². The molecule has 2 bridgehead atoms. The van der Waals surface area contributed by atoms with E-state index < -0.39 is 71.9 Å². The summed E-state index contributed by atoms with van der Waals surface area (Å²) < 4.78 is 126. The van der Waals surface area contributed by atoms with E-state index in [-0.39, 0.29) is 12.2 Å². The van der Waals surface area contributed by atoms with E-state index in [0.29, 0.717) is 0 Å². The highest BCUT2D eigenvalue weighted by atomic mass is 19.3. The van der Waals surface area contributed by atoms with Crippen LogP contribution in [0.2, 0.25) is 0 Å². The van der Waals surface area contributed by atoms with Crippen LogP contribution in [0.3, 0.4) is 0 Å². The van der Waals surface area contributed by atoms with Crippen LogP contribution in [0.25, 0.3) is 0 Å². The fourth-order valence-electron chi connectivity index (χ4n) is 3.63. The first-order chi connectivity index (χ1) is 13.4. The van der Waals surface area contributed by atoms with Gasteiger partial charge in [-0.1, -0.05) is 13.2 Å². The Morgan fingerprint density at radius 2 is 1.30 bits per heavy atom. The Balaban J connectivity index is 2.96. The van der Waals surface area contributed by atoms with Crippen LogP contribution < -0.4 is 0 Å². The molecule has 0 spiro atoms. The van der Waals surface area contributed by atoms with Crippen LogP contribution in [0.4, 0.5) is 35.1 Å². The summed E-state index contributed by atoms with van der Waals surface area (Å²) in [5.41, 5.74) is -14.9. The SMILES string of the molecule is C=CC(=O)OC1(F)CC2(O)C(F)(F)C(O)(CF)CC(OC(=O)C=C)(C1(F)F)C2(F)F. The third kappa shape index (κ3) is 2.43. The summed E-state index contributed by atoms with van der Waals surface area (Å²) in [6.45, 7) is 2.77. The molecule has 2 fully saturated rings. The Bertz CT molecular complexity index is 803. The first-order valence-corrected chi connectivity index (χ1v) is 7.92. The molecule has 4 unspecified atom stereocenters. The van der Waals surface area contributed by atoms with Gasteiger partial charge in [-0.25, -0.2) is 14.0 Å². The van der Waals surface area contributed by atoms with E-state index in [0.717, 1.165) is 0 Å². The number of esters is 2. The number of hydrogen-bond acceptors (Lipinski definition) is 6. The van der Waals surface area contributed by atoms with E-state index in [9.17, 15) is 33.0 Å². The highest BCUT2D eigenvalue weighted by Crippen LogP contribution is 2.71. The minimum Gasteiger partial charge on any atom is -0.442 e. The van der Waals surface area contributed by atoms with Crippen LogP contribution in [-0.4, -0.2) is 69.3 Å². The summed E-state index contributed by atoms with van der Waals surface area (Å²) >= 11 is 0. The number of carbonyl (C=O) groups excluding carboxylic acids is 2. The zero-order valence-corrected chi connectivity index (χ0v) is 14.7. The number of hydrogen-bond donors (Lipinski definition) is 2. The molecule has 0 aromatic heterocycles. The van der Waals surface area contributed by atoms with Crippen molar-refractivity contribution in [2.75, 3.05) is 6.67 Å². The highest BCUT2D eigenvalue weighted by Gasteiger charge is 2.99. The Kier molecular flexibility index (Phi) is 5.12. The summed E-state index contributed by atoms with van der Waals surface area (Å²) in [4.78, 5) is 22.8. The summed E-state index contributed by atoms with van der Waals surface area (Å²) in [6, 6.07) is 0. The molecule has 0 saturated heterocycles. The molecule has 0 aromatic rings. The Morgan fingerprint density at radius 1 is 0.833 bits per heavy atom. The lowest BCUT2D eigenvalue weighted by molar-refractivity contribution is -0.494. The number of aliphatic hydroxyl groups is 2. The van der Waals surface area contributed by atoms with Crippen molar-refractivity contribution in [3.8, 4) is 0 Å². The van der Waals surface area contributed by atoms with E-state index in [4.69, 9.17) is 0 Å². The molecule has 0 heterocycles. The molecule has 0 radical (unpaired) electrons. The zero-order chi connectivity index (χ0) is 23.6. The predicted molar refractivity (Wildman–Crippen MR) is 79.1 cm³/mol. The second-order valence-corrected chi connectivity index (χ2v) is 6.91. The van der Waals surface area contributed by atoms with Crippen LogP contribution in [0.15, 0.2) is 25.3 Å². The number of carbonyl (C=O) groups is 2. The highest BCUT2D eigenvalue weighted by molar-refractivity contribution is 5.82. The monoisotopic (exact) mass is 454 g/mol. The van der Waals surface area contributed by atoms with Crippen molar-refractivity contribution in [1.29, 1.82) is 0 Å². The standard InChI is InChI=1S/C16H14F8O6/c1-3-8(25)29-12-5-10(27,7-17)14(19,20)11(28,15(12,21)22)6-13(18,16(12,23)24)30-9(26)4-2/h3-4,27-28H,1-2,5-7H2. The molecule has 0 aliphatic heterocycles. The fraction of sp³-hybridized carbons (Fsp3) is 0.625. The lowest BCUT2D eigenvalue weighted by Crippen LogP contribution is -2.91. The van der Waals surface area contributed by atoms with Crippen LogP contribution in [-0.2, 0) is 19.1 Å². The Hall–Kier alpha value is -2.22. The summed E-state index contributed by atoms with van der Waals surface area (Å²) in [7, 11) is 0. The van der Waals surface area contributed by atoms with Gasteiger partial charge >= 0.3 is 35.6 Å². The first-order valence-electron chi connectivity index (χ1n) is 7.92. The Morgan fingerprint density at radius 3 is 1.73 bits per heavy atom. The minimum absolute atomic E-state index is 0.00544. The number of halogens is 8. The van der Waals surface area contributed by atoms with Gasteiger partial charge in [-0.15, -0.1) is 0 Å². The van der Waals surface area contributed by atoms with Crippen molar-refractivity contribution in [2.45, 2.75) is 53.3 Å². The molecule has 2 saturated carbocycles. The maximum absolute atomic E-state index is 15.1. The van der Waals surface area contributed by atoms with E-state index in [2.05, 4.69) is 22.6 Å². The van der Waals surface area contributed by atoms with Gasteiger partial charge in [-0.2, -0.15) is 30.7 Å². The summed E-state index contributed by atoms with van der Waals surface area (Å²) in [6.07, 6.45) is -5.74. The second kappa shape index (κ2) is 6.39. The van der Waals surface area contributed by atoms with E-state index in [1.54, 1.807) is 0 Å². The number of alkyl halides is 8. The molecular weight excluding hydrogens is 440 g/mol. The van der Waals surface area contributed by atoms with Gasteiger partial charge in [0.1, 0.15) is 6.67 Å². The quantitative estimate of drug-likeness (QED) is 0.375. The Labute approximate surface area is 162 Å². The minimum atomic E-state index is -5.90. The third-order valence-electron chi connectivity index (χ3n) is 5.22. The van der Waals surface area contributed by atoms with Crippen molar-refractivity contribution >= 4 is 11.9 Å². The van der Waals surface area contributed by atoms with Crippen molar-refractivity contribution < 1.29 is 64.4 Å². The van der Waals surface area contributed by atoms with E-state index >= 15 is 22.0 Å². The predicted octanol–water partition coefficient (Wildman–Crippen LogP) is 1.99. The lowest BCUT2D eigenvalue weighted by Gasteiger charge is -2.64. The average Bonchev–Trinajstić information content (AvgIpc) is 2.64. The molecule has 14 heteroatoms. The number of rotatable bonds is 5. The zero-order valence-electron chi connectivity index (χ0n) is 14.7. The lowest BCUT2D eigenvalue weighted by atomic mass is 9.53. The van der Waals surface area contributed by atoms with Gasteiger partial charge in [0.15, 0.2) is 5.60 Å². The van der Waals surface area contributed by atoms with Gasteiger partial charge in [0.2, 0.25) is 5.60 Å². The molecule has 0 aromatic carbocycles.